The number of benzene rings is 4. The lowest BCUT2D eigenvalue weighted by Crippen LogP contribution is -2.38. The van der Waals surface area contributed by atoms with E-state index in [9.17, 15) is 26.4 Å². The molecule has 15 nitrogen and oxygen atoms in total. The zero-order valence-corrected chi connectivity index (χ0v) is 51.3. The molecule has 4 atom stereocenters. The van der Waals surface area contributed by atoms with Gasteiger partial charge in [-0.15, -0.1) is 0 Å². The summed E-state index contributed by atoms with van der Waals surface area (Å²) < 4.78 is 70.1. The third kappa shape index (κ3) is 17.1. The third-order valence-electron chi connectivity index (χ3n) is 16.1. The number of carbonyl (C=O) groups excluding carboxylic acids is 2. The second kappa shape index (κ2) is 28.9. The molecule has 2 amide bonds. The molecule has 0 radical (unpaired) electrons. The number of likely N-dealkylation sites (N-methyl/N-ethyl adjacent to an activating group) is 2. The highest BCUT2D eigenvalue weighted by atomic mass is 35.5. The Kier molecular flexibility index (Phi) is 22.7. The summed E-state index contributed by atoms with van der Waals surface area (Å²) in [6.07, 6.45) is 5.51. The number of hydrogen-bond acceptors (Lipinski definition) is 12. The first-order chi connectivity index (χ1) is 38.2. The molecule has 4 aromatic carbocycles. The van der Waals surface area contributed by atoms with Gasteiger partial charge in [0.1, 0.15) is 5.78 Å². The van der Waals surface area contributed by atoms with Gasteiger partial charge in [-0.1, -0.05) is 77.1 Å². The second-order valence-electron chi connectivity index (χ2n) is 22.5. The molecule has 438 valence electrons. The molecule has 2 fully saturated rings. The zero-order valence-electron chi connectivity index (χ0n) is 46.6. The number of unbranched alkanes of at least 4 members (excludes halogenated alkanes) is 2. The van der Waals surface area contributed by atoms with Gasteiger partial charge < -0.3 is 34.8 Å². The Morgan fingerprint density at radius 2 is 1.16 bits per heavy atom. The van der Waals surface area contributed by atoms with Gasteiger partial charge in [-0.25, -0.2) is 26.4 Å². The Hall–Kier alpha value is -3.40. The monoisotopic (exact) mass is 1220 g/mol. The van der Waals surface area contributed by atoms with E-state index in [4.69, 9.17) is 55.9 Å². The molecule has 0 aromatic heterocycles. The van der Waals surface area contributed by atoms with Crippen LogP contribution in [0.3, 0.4) is 0 Å². The number of rotatable bonds is 27. The number of ether oxygens (including phenoxy) is 2. The first-order valence-electron chi connectivity index (χ1n) is 28.2. The summed E-state index contributed by atoms with van der Waals surface area (Å²) in [5, 5.41) is 8.07. The maximum Gasteiger partial charge on any atom is 0.314 e. The van der Waals surface area contributed by atoms with Gasteiger partial charge >= 0.3 is 6.03 Å². The zero-order chi connectivity index (χ0) is 57.1. The summed E-state index contributed by atoms with van der Waals surface area (Å²) in [5.74, 6) is 0.225. The lowest BCUT2D eigenvalue weighted by atomic mass is 9.84. The number of Topliss-reactive ketones (excluding diaryl/α,β-unsaturated/α-hetero) is 1. The van der Waals surface area contributed by atoms with E-state index in [1.54, 1.807) is 18.2 Å². The van der Waals surface area contributed by atoms with Gasteiger partial charge in [0, 0.05) is 123 Å². The number of fused-ring (bicyclic) bond motifs is 2. The van der Waals surface area contributed by atoms with Crippen LogP contribution in [0.1, 0.15) is 108 Å². The van der Waals surface area contributed by atoms with Gasteiger partial charge in [0.15, 0.2) is 9.84 Å². The van der Waals surface area contributed by atoms with Crippen LogP contribution in [0, 0.1) is 19.8 Å². The molecular formula is C59H79Cl4N7O8S2. The molecule has 4 heterocycles. The van der Waals surface area contributed by atoms with Crippen LogP contribution in [-0.2, 0) is 47.2 Å². The molecule has 4 aromatic rings. The van der Waals surface area contributed by atoms with Gasteiger partial charge in [-0.2, -0.15) is 0 Å². The van der Waals surface area contributed by atoms with E-state index in [2.05, 4.69) is 35.0 Å². The Morgan fingerprint density at radius 1 is 0.613 bits per heavy atom. The van der Waals surface area contributed by atoms with Gasteiger partial charge in [0.05, 0.1) is 35.4 Å². The average molecular weight is 1220 g/mol. The summed E-state index contributed by atoms with van der Waals surface area (Å²) in [5.41, 5.74) is 7.39. The maximum atomic E-state index is 13.9. The number of sulfonamides is 1. The Labute approximate surface area is 494 Å². The predicted molar refractivity (Wildman–Crippen MR) is 319 cm³/mol. The Balaban J connectivity index is 0.620. The largest absolute Gasteiger partial charge is 0.380 e. The van der Waals surface area contributed by atoms with Crippen LogP contribution in [0.25, 0.3) is 0 Å². The van der Waals surface area contributed by atoms with E-state index in [1.807, 2.05) is 70.4 Å². The topological polar surface area (TPSA) is 170 Å². The molecule has 0 spiro atoms. The van der Waals surface area contributed by atoms with Crippen LogP contribution in [0.4, 0.5) is 4.79 Å². The van der Waals surface area contributed by atoms with Crippen molar-refractivity contribution in [2.45, 2.75) is 106 Å². The number of amides is 2. The summed E-state index contributed by atoms with van der Waals surface area (Å²) >= 11 is 26.0. The molecule has 3 N–H and O–H groups in total. The number of carbonyl (C=O) groups is 2. The minimum Gasteiger partial charge on any atom is -0.380 e. The average Bonchev–Trinajstić information content (AvgIpc) is 4.15. The number of ketones is 1. The minimum absolute atomic E-state index is 0.0360. The van der Waals surface area contributed by atoms with Crippen LogP contribution in [-0.4, -0.2) is 166 Å². The molecule has 2 unspecified atom stereocenters. The number of likely N-dealkylation sites (tertiary alicyclic amines) is 2. The second-order valence-corrected chi connectivity index (χ2v) is 27.8. The summed E-state index contributed by atoms with van der Waals surface area (Å²) in [7, 11) is -3.26. The molecular weight excluding hydrogens is 1140 g/mol. The third-order valence-corrected chi connectivity index (χ3v) is 20.8. The number of nitrogens with one attached hydrogen (secondary N) is 3. The van der Waals surface area contributed by atoms with Crippen LogP contribution in [0.15, 0.2) is 70.5 Å². The van der Waals surface area contributed by atoms with Crippen molar-refractivity contribution in [3.8, 4) is 0 Å². The molecule has 0 bridgehead atoms. The SMILES string of the molecule is Cc1ccc(C2CN(C)Cc3c(Cl)cc(Cl)cc32)cc1S(=O)(=O)C[C@@H]1CCN(CCOCCCC(=O)CCCCCNC(=O)NCCOCCN2CC[C@@H](NS(=O)(=O)c3cc(C4CN(C)Cc5c(Cl)cc(Cl)cc54)ccc3C)C2)C1. The molecule has 0 aliphatic carbocycles. The van der Waals surface area contributed by atoms with Crippen molar-refractivity contribution < 1.29 is 35.9 Å². The van der Waals surface area contributed by atoms with Crippen molar-refractivity contribution in [3.05, 3.63) is 125 Å². The predicted octanol–water partition coefficient (Wildman–Crippen LogP) is 9.46. The standard InChI is InChI=1S/C59H79Cl4N7O8S2/c1-40-11-13-43(51-35-67(3)37-53-49(51)29-45(60)31-55(53)62)27-57(40)79(73,74)39-42-15-19-69(33-42)21-25-77-23-8-10-48(71)9-6-5-7-17-64-59(72)65-18-24-78-26-22-70-20-16-47(34-70)66-80(75,76)58-28-44(14-12-41(58)2)52-36-68(4)38-54-50(52)30-46(61)32-56(54)63/h11-14,27-32,42,47,51-52,66H,5-10,15-26,33-39H2,1-4H3,(H2,64,65,72)/t42-,47-,51?,52?/m1/s1. The number of nitrogens with zero attached hydrogens (tertiary/aromatic N) is 4. The molecule has 2 saturated heterocycles. The van der Waals surface area contributed by atoms with Crippen molar-refractivity contribution in [1.29, 1.82) is 0 Å². The van der Waals surface area contributed by atoms with Crippen molar-refractivity contribution in [2.75, 3.05) is 112 Å². The fourth-order valence-electron chi connectivity index (χ4n) is 11.8. The molecule has 8 rings (SSSR count). The number of hydrogen-bond donors (Lipinski definition) is 3. The fraction of sp³-hybridized carbons (Fsp3) is 0.559. The molecule has 80 heavy (non-hydrogen) atoms. The van der Waals surface area contributed by atoms with Crippen molar-refractivity contribution >= 4 is 78.1 Å². The van der Waals surface area contributed by atoms with E-state index in [0.717, 1.165) is 90.8 Å². The highest BCUT2D eigenvalue weighted by Gasteiger charge is 2.34. The molecule has 0 saturated carbocycles. The van der Waals surface area contributed by atoms with Crippen molar-refractivity contribution in [2.24, 2.45) is 5.92 Å². The van der Waals surface area contributed by atoms with Gasteiger partial charge in [-0.3, -0.25) is 9.69 Å². The maximum absolute atomic E-state index is 13.9. The summed E-state index contributed by atoms with van der Waals surface area (Å²) in [6, 6.07) is 18.4. The number of urea groups is 1. The lowest BCUT2D eigenvalue weighted by Gasteiger charge is -2.33. The smallest absolute Gasteiger partial charge is 0.314 e. The number of sulfone groups is 1. The molecule has 4 aliphatic rings. The molecule has 21 heteroatoms. The van der Waals surface area contributed by atoms with Crippen LogP contribution >= 0.6 is 46.4 Å². The number of halogens is 4. The van der Waals surface area contributed by atoms with E-state index in [1.165, 1.54) is 0 Å². The quantitative estimate of drug-likeness (QED) is 0.0485. The van der Waals surface area contributed by atoms with Gasteiger partial charge in [-0.05, 0) is 160 Å². The van der Waals surface area contributed by atoms with Crippen molar-refractivity contribution in [3.63, 3.8) is 0 Å². The van der Waals surface area contributed by atoms with E-state index >= 15 is 0 Å². The summed E-state index contributed by atoms with van der Waals surface area (Å²) in [4.78, 5) is 34.4. The van der Waals surface area contributed by atoms with Crippen molar-refractivity contribution in [1.82, 2.24) is 35.0 Å². The van der Waals surface area contributed by atoms with Crippen LogP contribution in [0.2, 0.25) is 20.1 Å². The highest BCUT2D eigenvalue weighted by molar-refractivity contribution is 7.91. The first-order valence-corrected chi connectivity index (χ1v) is 32.8. The molecule has 4 aliphatic heterocycles. The fourth-order valence-corrected chi connectivity index (χ4v) is 16.5. The van der Waals surface area contributed by atoms with E-state index in [0.29, 0.717) is 135 Å². The van der Waals surface area contributed by atoms with Gasteiger partial charge in [0.2, 0.25) is 10.0 Å². The minimum atomic E-state index is -3.80. The number of aryl methyl sites for hydroxylation is 2. The van der Waals surface area contributed by atoms with Crippen LogP contribution < -0.4 is 15.4 Å². The summed E-state index contributed by atoms with van der Waals surface area (Å²) in [6.45, 7) is 13.5. The Morgan fingerprint density at radius 3 is 1.80 bits per heavy atom. The normalized spacial score (nSPS) is 20.2. The lowest BCUT2D eigenvalue weighted by molar-refractivity contribution is -0.119. The Bertz CT molecular complexity index is 2840. The van der Waals surface area contributed by atoms with E-state index < -0.39 is 19.9 Å². The van der Waals surface area contributed by atoms with Gasteiger partial charge in [0.25, 0.3) is 0 Å². The highest BCUT2D eigenvalue weighted by Crippen LogP contribution is 2.41. The van der Waals surface area contributed by atoms with Crippen LogP contribution in [0.5, 0.6) is 0 Å². The van der Waals surface area contributed by atoms with E-state index in [-0.39, 0.29) is 46.3 Å². The first kappa shape index (κ1) is 62.6.